The number of carbonyl (C=O) groups excluding carboxylic acids is 1. The van der Waals surface area contributed by atoms with E-state index in [2.05, 4.69) is 5.32 Å². The molecule has 0 atom stereocenters. The number of anilines is 2. The standard InChI is InChI=1S/C16H15F3N2OS/c1-21(2)13-5-4-9(6-14(13)23-3)16(22)20-10-7-11(17)15(19)12(18)8-10/h4-8H,1-3H3,(H,20,22). The zero-order chi connectivity index (χ0) is 17.1. The highest BCUT2D eigenvalue weighted by Gasteiger charge is 2.14. The van der Waals surface area contributed by atoms with Gasteiger partial charge in [-0.05, 0) is 24.5 Å². The van der Waals surface area contributed by atoms with E-state index < -0.39 is 23.4 Å². The van der Waals surface area contributed by atoms with Crippen molar-refractivity contribution in [3.05, 3.63) is 53.3 Å². The Labute approximate surface area is 136 Å². The third-order valence-corrected chi connectivity index (χ3v) is 3.93. The molecule has 0 spiro atoms. The molecule has 0 fully saturated rings. The predicted octanol–water partition coefficient (Wildman–Crippen LogP) is 4.14. The molecule has 0 saturated heterocycles. The minimum absolute atomic E-state index is 0.145. The maximum Gasteiger partial charge on any atom is 0.255 e. The first-order valence-corrected chi connectivity index (χ1v) is 7.87. The van der Waals surface area contributed by atoms with Gasteiger partial charge in [0.1, 0.15) is 0 Å². The lowest BCUT2D eigenvalue weighted by molar-refractivity contribution is 0.102. The molecule has 0 aromatic heterocycles. The minimum Gasteiger partial charge on any atom is -0.377 e. The van der Waals surface area contributed by atoms with Crippen molar-refractivity contribution in [2.75, 3.05) is 30.6 Å². The molecule has 122 valence electrons. The van der Waals surface area contributed by atoms with E-state index in [0.717, 1.165) is 22.7 Å². The van der Waals surface area contributed by atoms with Gasteiger partial charge >= 0.3 is 0 Å². The molecule has 2 aromatic rings. The van der Waals surface area contributed by atoms with Crippen LogP contribution in [0.5, 0.6) is 0 Å². The Balaban J connectivity index is 2.28. The van der Waals surface area contributed by atoms with Gasteiger partial charge in [-0.1, -0.05) is 0 Å². The maximum absolute atomic E-state index is 13.2. The van der Waals surface area contributed by atoms with Crippen LogP contribution in [-0.4, -0.2) is 26.3 Å². The topological polar surface area (TPSA) is 32.3 Å². The molecular formula is C16H15F3N2OS. The Morgan fingerprint density at radius 2 is 1.70 bits per heavy atom. The second-order valence-electron chi connectivity index (χ2n) is 4.99. The lowest BCUT2D eigenvalue weighted by Gasteiger charge is -2.17. The number of nitrogens with one attached hydrogen (secondary N) is 1. The summed E-state index contributed by atoms with van der Waals surface area (Å²) in [6.07, 6.45) is 1.88. The average Bonchev–Trinajstić information content (AvgIpc) is 2.51. The fourth-order valence-electron chi connectivity index (χ4n) is 2.02. The van der Waals surface area contributed by atoms with Crippen molar-refractivity contribution >= 4 is 29.0 Å². The van der Waals surface area contributed by atoms with Gasteiger partial charge in [0.05, 0.1) is 0 Å². The van der Waals surface area contributed by atoms with Crippen LogP contribution in [0.4, 0.5) is 24.5 Å². The Bertz CT molecular complexity index is 727. The van der Waals surface area contributed by atoms with Crippen LogP contribution in [0.3, 0.4) is 0 Å². The van der Waals surface area contributed by atoms with Gasteiger partial charge in [-0.25, -0.2) is 13.2 Å². The van der Waals surface area contributed by atoms with Crippen LogP contribution in [0, 0.1) is 17.5 Å². The molecule has 0 radical (unpaired) electrons. The molecule has 23 heavy (non-hydrogen) atoms. The SMILES string of the molecule is CSc1cc(C(=O)Nc2cc(F)c(F)c(F)c2)ccc1N(C)C. The van der Waals surface area contributed by atoms with Crippen molar-refractivity contribution < 1.29 is 18.0 Å². The fraction of sp³-hybridized carbons (Fsp3) is 0.188. The quantitative estimate of drug-likeness (QED) is 0.670. The Kier molecular flexibility index (Phi) is 5.20. The molecular weight excluding hydrogens is 325 g/mol. The molecule has 0 aliphatic rings. The number of benzene rings is 2. The van der Waals surface area contributed by atoms with E-state index in [-0.39, 0.29) is 5.69 Å². The molecule has 3 nitrogen and oxygen atoms in total. The van der Waals surface area contributed by atoms with E-state index in [1.165, 1.54) is 11.8 Å². The minimum atomic E-state index is -1.57. The highest BCUT2D eigenvalue weighted by Crippen LogP contribution is 2.29. The zero-order valence-electron chi connectivity index (χ0n) is 12.8. The van der Waals surface area contributed by atoms with E-state index in [4.69, 9.17) is 0 Å². The number of halogens is 3. The molecule has 0 bridgehead atoms. The summed E-state index contributed by atoms with van der Waals surface area (Å²) >= 11 is 1.48. The van der Waals surface area contributed by atoms with Gasteiger partial charge in [-0.15, -0.1) is 11.8 Å². The number of thioether (sulfide) groups is 1. The number of rotatable bonds is 4. The van der Waals surface area contributed by atoms with Crippen LogP contribution in [0.25, 0.3) is 0 Å². The van der Waals surface area contributed by atoms with E-state index >= 15 is 0 Å². The van der Waals surface area contributed by atoms with Gasteiger partial charge < -0.3 is 10.2 Å². The summed E-state index contributed by atoms with van der Waals surface area (Å²) in [6.45, 7) is 0. The van der Waals surface area contributed by atoms with Gasteiger partial charge in [-0.2, -0.15) is 0 Å². The van der Waals surface area contributed by atoms with Crippen LogP contribution in [-0.2, 0) is 0 Å². The van der Waals surface area contributed by atoms with Crippen molar-refractivity contribution in [2.24, 2.45) is 0 Å². The first-order chi connectivity index (χ1) is 10.8. The normalized spacial score (nSPS) is 10.5. The molecule has 0 aliphatic heterocycles. The first-order valence-electron chi connectivity index (χ1n) is 6.64. The van der Waals surface area contributed by atoms with Gasteiger partial charge in [0.2, 0.25) is 0 Å². The number of amides is 1. The monoisotopic (exact) mass is 340 g/mol. The summed E-state index contributed by atoms with van der Waals surface area (Å²) in [4.78, 5) is 15.0. The molecule has 7 heteroatoms. The number of nitrogens with zero attached hydrogens (tertiary/aromatic N) is 1. The lowest BCUT2D eigenvalue weighted by atomic mass is 10.1. The number of hydrogen-bond acceptors (Lipinski definition) is 3. The predicted molar refractivity (Wildman–Crippen MR) is 86.8 cm³/mol. The van der Waals surface area contributed by atoms with E-state index in [0.29, 0.717) is 5.56 Å². The molecule has 2 aromatic carbocycles. The van der Waals surface area contributed by atoms with Gasteiger partial charge in [0, 0.05) is 48.1 Å². The van der Waals surface area contributed by atoms with Crippen LogP contribution in [0.2, 0.25) is 0 Å². The molecule has 1 N–H and O–H groups in total. The lowest BCUT2D eigenvalue weighted by Crippen LogP contribution is -2.14. The van der Waals surface area contributed by atoms with Crippen molar-refractivity contribution in [2.45, 2.75) is 4.90 Å². The maximum atomic E-state index is 13.2. The van der Waals surface area contributed by atoms with E-state index in [1.54, 1.807) is 18.2 Å². The third kappa shape index (κ3) is 3.79. The summed E-state index contributed by atoms with van der Waals surface area (Å²) in [7, 11) is 3.78. The van der Waals surface area contributed by atoms with Crippen molar-refractivity contribution in [3.63, 3.8) is 0 Å². The van der Waals surface area contributed by atoms with Gasteiger partial charge in [-0.3, -0.25) is 4.79 Å². The van der Waals surface area contributed by atoms with Crippen molar-refractivity contribution in [1.29, 1.82) is 0 Å². The van der Waals surface area contributed by atoms with Crippen molar-refractivity contribution in [1.82, 2.24) is 0 Å². The van der Waals surface area contributed by atoms with E-state index in [9.17, 15) is 18.0 Å². The summed E-state index contributed by atoms with van der Waals surface area (Å²) in [5.41, 5.74) is 1.15. The summed E-state index contributed by atoms with van der Waals surface area (Å²) < 4.78 is 39.3. The molecule has 0 saturated carbocycles. The van der Waals surface area contributed by atoms with Gasteiger partial charge in [0.25, 0.3) is 5.91 Å². The average molecular weight is 340 g/mol. The number of hydrogen-bond donors (Lipinski definition) is 1. The molecule has 0 heterocycles. The van der Waals surface area contributed by atoms with Crippen molar-refractivity contribution in [3.8, 4) is 0 Å². The zero-order valence-corrected chi connectivity index (χ0v) is 13.6. The molecule has 2 rings (SSSR count). The fourth-order valence-corrected chi connectivity index (χ4v) is 2.72. The molecule has 1 amide bonds. The highest BCUT2D eigenvalue weighted by atomic mass is 32.2. The summed E-state index contributed by atoms with van der Waals surface area (Å²) in [6, 6.07) is 6.55. The van der Waals surface area contributed by atoms with Gasteiger partial charge in [0.15, 0.2) is 17.5 Å². The first kappa shape index (κ1) is 17.2. The second kappa shape index (κ2) is 6.95. The second-order valence-corrected chi connectivity index (χ2v) is 5.84. The molecule has 0 unspecified atom stereocenters. The summed E-state index contributed by atoms with van der Waals surface area (Å²) in [5, 5.41) is 2.36. The number of carbonyl (C=O) groups is 1. The van der Waals surface area contributed by atoms with Crippen LogP contribution in [0.1, 0.15) is 10.4 Å². The largest absolute Gasteiger partial charge is 0.377 e. The van der Waals surface area contributed by atoms with Crippen LogP contribution < -0.4 is 10.2 Å². The Hall–Kier alpha value is -2.15. The highest BCUT2D eigenvalue weighted by molar-refractivity contribution is 7.98. The third-order valence-electron chi connectivity index (χ3n) is 3.17. The molecule has 0 aliphatic carbocycles. The van der Waals surface area contributed by atoms with Crippen LogP contribution in [0.15, 0.2) is 35.2 Å². The van der Waals surface area contributed by atoms with Crippen LogP contribution >= 0.6 is 11.8 Å². The van der Waals surface area contributed by atoms with E-state index in [1.807, 2.05) is 25.3 Å². The smallest absolute Gasteiger partial charge is 0.255 e. The Morgan fingerprint density at radius 3 is 2.22 bits per heavy atom. The summed E-state index contributed by atoms with van der Waals surface area (Å²) in [5.74, 6) is -4.81. The Morgan fingerprint density at radius 1 is 1.09 bits per heavy atom.